The van der Waals surface area contributed by atoms with Crippen LogP contribution in [0.5, 0.6) is 11.5 Å². The molecule has 0 saturated heterocycles. The molecule has 0 fully saturated rings. The molecule has 8 rings (SSSR count). The zero-order chi connectivity index (χ0) is 33.0. The number of hydrogen-bond acceptors (Lipinski definition) is 3. The van der Waals surface area contributed by atoms with Crippen molar-refractivity contribution in [3.63, 3.8) is 0 Å². The summed E-state index contributed by atoms with van der Waals surface area (Å²) in [6.45, 7) is 11.0. The van der Waals surface area contributed by atoms with Crippen molar-refractivity contribution in [3.05, 3.63) is 151 Å². The molecular weight excluding hydrogens is 587 g/mol. The van der Waals surface area contributed by atoms with Gasteiger partial charge in [-0.1, -0.05) is 75.4 Å². The summed E-state index contributed by atoms with van der Waals surface area (Å²) in [6, 6.07) is 40.5. The number of nitrogens with zero attached hydrogens (tertiary/aromatic N) is 3. The summed E-state index contributed by atoms with van der Waals surface area (Å²) >= 11 is 0. The minimum atomic E-state index is 0.0114. The fourth-order valence-electron chi connectivity index (χ4n) is 6.84. The highest BCUT2D eigenvalue weighted by Crippen LogP contribution is 2.40. The second-order valence-electron chi connectivity index (χ2n) is 13.7. The molecule has 0 atom stereocenters. The van der Waals surface area contributed by atoms with Crippen LogP contribution in [-0.4, -0.2) is 14.4 Å². The van der Waals surface area contributed by atoms with Crippen LogP contribution in [0.25, 0.3) is 60.8 Å². The van der Waals surface area contributed by atoms with Crippen LogP contribution in [-0.2, 0) is 5.41 Å². The fourth-order valence-corrected chi connectivity index (χ4v) is 6.84. The van der Waals surface area contributed by atoms with E-state index in [1.54, 1.807) is 0 Å². The van der Waals surface area contributed by atoms with E-state index >= 15 is 0 Å². The summed E-state index contributed by atoms with van der Waals surface area (Å²) in [6.07, 6.45) is 6.04. The zero-order valence-corrected chi connectivity index (χ0v) is 28.0. The molecule has 0 bridgehead atoms. The highest BCUT2D eigenvalue weighted by Gasteiger charge is 2.18. The summed E-state index contributed by atoms with van der Waals surface area (Å²) in [7, 11) is 0. The van der Waals surface area contributed by atoms with Gasteiger partial charge >= 0.3 is 0 Å². The van der Waals surface area contributed by atoms with E-state index in [2.05, 4.69) is 148 Å². The summed E-state index contributed by atoms with van der Waals surface area (Å²) < 4.78 is 9.12. The number of aryl methyl sites for hydroxylation is 2. The van der Waals surface area contributed by atoms with Gasteiger partial charge in [-0.3, -0.25) is 9.97 Å². The first-order valence-electron chi connectivity index (χ1n) is 16.5. The molecule has 0 spiro atoms. The Kier molecular flexibility index (Phi) is 7.10. The van der Waals surface area contributed by atoms with Crippen LogP contribution in [0, 0.1) is 13.8 Å². The topological polar surface area (TPSA) is 39.4 Å². The van der Waals surface area contributed by atoms with E-state index in [1.807, 2.05) is 24.5 Å². The van der Waals surface area contributed by atoms with E-state index in [9.17, 15) is 0 Å². The van der Waals surface area contributed by atoms with Crippen LogP contribution in [0.15, 0.2) is 134 Å². The maximum atomic E-state index is 6.87. The highest BCUT2D eigenvalue weighted by molar-refractivity contribution is 6.07. The van der Waals surface area contributed by atoms with Crippen molar-refractivity contribution in [1.29, 1.82) is 0 Å². The molecule has 8 aromatic rings. The Bertz CT molecular complexity index is 2460. The molecule has 0 amide bonds. The van der Waals surface area contributed by atoms with E-state index in [0.29, 0.717) is 0 Å². The van der Waals surface area contributed by atoms with Crippen molar-refractivity contribution < 1.29 is 4.74 Å². The van der Waals surface area contributed by atoms with Gasteiger partial charge in [-0.15, -0.1) is 0 Å². The number of pyridine rings is 3. The predicted molar refractivity (Wildman–Crippen MR) is 199 cm³/mol. The van der Waals surface area contributed by atoms with Crippen LogP contribution in [0.1, 0.15) is 37.5 Å². The molecule has 0 aliphatic rings. The molecule has 0 radical (unpaired) electrons. The standard InChI is InChI=1S/C44H37N3O/c1-28-10-8-11-29(2)42(28)33-16-17-37(46-27-33)30-13-9-14-36(23-30)48-41-25-34(38-26-35(18-20-45-38)44(3,4)5)22-32-19-21-47-39-15-7-6-12-31(39)24-40(47)43(32)41/h6-27H,1-5H3. The van der Waals surface area contributed by atoms with Crippen molar-refractivity contribution in [1.82, 2.24) is 14.4 Å². The Balaban J connectivity index is 1.24. The molecule has 0 aliphatic carbocycles. The number of hydrogen-bond donors (Lipinski definition) is 0. The van der Waals surface area contributed by atoms with Crippen LogP contribution in [0.2, 0.25) is 0 Å². The minimum absolute atomic E-state index is 0.0114. The van der Waals surface area contributed by atoms with Gasteiger partial charge in [-0.25, -0.2) is 0 Å². The van der Waals surface area contributed by atoms with Crippen molar-refractivity contribution in [3.8, 4) is 45.1 Å². The number of para-hydroxylation sites is 1. The van der Waals surface area contributed by atoms with Gasteiger partial charge in [0.15, 0.2) is 0 Å². The highest BCUT2D eigenvalue weighted by atomic mass is 16.5. The number of fused-ring (bicyclic) bond motifs is 5. The monoisotopic (exact) mass is 623 g/mol. The second-order valence-corrected chi connectivity index (χ2v) is 13.7. The minimum Gasteiger partial charge on any atom is -0.457 e. The van der Waals surface area contributed by atoms with Gasteiger partial charge in [0, 0.05) is 46.1 Å². The number of benzene rings is 4. The lowest BCUT2D eigenvalue weighted by Gasteiger charge is -2.20. The molecule has 4 heterocycles. The first-order valence-corrected chi connectivity index (χ1v) is 16.5. The molecule has 0 N–H and O–H groups in total. The van der Waals surface area contributed by atoms with E-state index in [-0.39, 0.29) is 5.41 Å². The maximum Gasteiger partial charge on any atom is 0.138 e. The van der Waals surface area contributed by atoms with Gasteiger partial charge in [-0.05, 0) is 108 Å². The van der Waals surface area contributed by atoms with Crippen LogP contribution in [0.4, 0.5) is 0 Å². The number of ether oxygens (including phenoxy) is 1. The lowest BCUT2D eigenvalue weighted by molar-refractivity contribution is 0.489. The first-order chi connectivity index (χ1) is 23.2. The maximum absolute atomic E-state index is 6.87. The van der Waals surface area contributed by atoms with E-state index < -0.39 is 0 Å². The van der Waals surface area contributed by atoms with Crippen molar-refractivity contribution in [2.75, 3.05) is 0 Å². The van der Waals surface area contributed by atoms with Gasteiger partial charge in [0.05, 0.1) is 22.4 Å². The Labute approximate surface area is 281 Å². The first kappa shape index (κ1) is 29.6. The van der Waals surface area contributed by atoms with E-state index in [0.717, 1.165) is 55.9 Å². The average Bonchev–Trinajstić information content (AvgIpc) is 3.47. The Morgan fingerprint density at radius 2 is 1.42 bits per heavy atom. The lowest BCUT2D eigenvalue weighted by atomic mass is 9.87. The van der Waals surface area contributed by atoms with Crippen molar-refractivity contribution >= 4 is 27.2 Å². The van der Waals surface area contributed by atoms with E-state index in [4.69, 9.17) is 14.7 Å². The molecular formula is C44H37N3O. The van der Waals surface area contributed by atoms with Crippen LogP contribution < -0.4 is 4.74 Å². The van der Waals surface area contributed by atoms with Gasteiger partial charge in [-0.2, -0.15) is 0 Å². The third-order valence-electron chi connectivity index (χ3n) is 9.35. The Morgan fingerprint density at radius 1 is 0.604 bits per heavy atom. The summed E-state index contributed by atoms with van der Waals surface area (Å²) in [5, 5.41) is 3.35. The molecule has 48 heavy (non-hydrogen) atoms. The fraction of sp³-hybridized carbons (Fsp3) is 0.136. The largest absolute Gasteiger partial charge is 0.457 e. The SMILES string of the molecule is Cc1cccc(C)c1-c1ccc(-c2cccc(Oc3cc(-c4cc(C(C)(C)C)ccn4)cc4ccn5c6ccccc6cc5c34)c2)nc1. The second kappa shape index (κ2) is 11.5. The van der Waals surface area contributed by atoms with Gasteiger partial charge in [0.25, 0.3) is 0 Å². The molecule has 4 aromatic heterocycles. The summed E-state index contributed by atoms with van der Waals surface area (Å²) in [4.78, 5) is 9.69. The summed E-state index contributed by atoms with van der Waals surface area (Å²) in [5.74, 6) is 1.54. The quantitative estimate of drug-likeness (QED) is 0.191. The third-order valence-corrected chi connectivity index (χ3v) is 9.35. The van der Waals surface area contributed by atoms with Crippen LogP contribution >= 0.6 is 0 Å². The molecule has 4 nitrogen and oxygen atoms in total. The lowest BCUT2D eigenvalue weighted by Crippen LogP contribution is -2.11. The number of aromatic nitrogens is 3. The molecule has 0 unspecified atom stereocenters. The van der Waals surface area contributed by atoms with Gasteiger partial charge < -0.3 is 9.14 Å². The van der Waals surface area contributed by atoms with Crippen LogP contribution in [0.3, 0.4) is 0 Å². The normalized spacial score (nSPS) is 11.9. The van der Waals surface area contributed by atoms with E-state index in [1.165, 1.54) is 33.2 Å². The molecule has 0 aliphatic heterocycles. The van der Waals surface area contributed by atoms with Crippen molar-refractivity contribution in [2.45, 2.75) is 40.0 Å². The molecule has 0 saturated carbocycles. The smallest absolute Gasteiger partial charge is 0.138 e. The Morgan fingerprint density at radius 3 is 2.21 bits per heavy atom. The van der Waals surface area contributed by atoms with Gasteiger partial charge in [0.2, 0.25) is 0 Å². The summed E-state index contributed by atoms with van der Waals surface area (Å²) in [5.41, 5.74) is 12.2. The molecule has 4 heteroatoms. The third kappa shape index (κ3) is 5.29. The number of rotatable bonds is 5. The molecule has 234 valence electrons. The van der Waals surface area contributed by atoms with Gasteiger partial charge in [0.1, 0.15) is 11.5 Å². The van der Waals surface area contributed by atoms with Crippen molar-refractivity contribution in [2.24, 2.45) is 0 Å². The average molecular weight is 624 g/mol. The Hall–Kier alpha value is -5.74. The predicted octanol–water partition coefficient (Wildman–Crippen LogP) is 11.7. The zero-order valence-electron chi connectivity index (χ0n) is 28.0. The molecule has 4 aromatic carbocycles.